The maximum Gasteiger partial charge on any atom is 0.196 e. The first-order chi connectivity index (χ1) is 9.66. The van der Waals surface area contributed by atoms with Crippen molar-refractivity contribution in [3.63, 3.8) is 0 Å². The number of carbonyl (C=O) groups excluding carboxylic acids is 1. The summed E-state index contributed by atoms with van der Waals surface area (Å²) in [6.45, 7) is 0. The molecule has 1 heterocycles. The van der Waals surface area contributed by atoms with Crippen molar-refractivity contribution in [2.24, 2.45) is 0 Å². The van der Waals surface area contributed by atoms with E-state index in [0.29, 0.717) is 16.5 Å². The highest BCUT2D eigenvalue weighted by Gasteiger charge is 2.17. The van der Waals surface area contributed by atoms with E-state index in [1.807, 2.05) is 0 Å². The molecule has 0 aliphatic carbocycles. The first-order valence-corrected chi connectivity index (χ1v) is 6.00. The molecule has 98 valence electrons. The van der Waals surface area contributed by atoms with E-state index >= 15 is 0 Å². The Morgan fingerprint density at radius 3 is 2.65 bits per heavy atom. The van der Waals surface area contributed by atoms with Crippen LogP contribution in [0.2, 0.25) is 0 Å². The lowest BCUT2D eigenvalue weighted by Gasteiger charge is -2.06. The van der Waals surface area contributed by atoms with Gasteiger partial charge in [0, 0.05) is 17.1 Å². The second kappa shape index (κ2) is 4.81. The summed E-state index contributed by atoms with van der Waals surface area (Å²) < 4.78 is 26.9. The van der Waals surface area contributed by atoms with Crippen molar-refractivity contribution < 1.29 is 13.6 Å². The normalized spacial score (nSPS) is 10.7. The molecule has 0 aliphatic rings. The molecule has 0 unspecified atom stereocenters. The lowest BCUT2D eigenvalue weighted by Crippen LogP contribution is -2.05. The van der Waals surface area contributed by atoms with Crippen molar-refractivity contribution in [1.82, 2.24) is 4.98 Å². The smallest absolute Gasteiger partial charge is 0.196 e. The highest BCUT2D eigenvalue weighted by Crippen LogP contribution is 2.21. The Bertz CT molecular complexity index is 809. The number of benzene rings is 2. The van der Waals surface area contributed by atoms with Crippen LogP contribution in [0.5, 0.6) is 0 Å². The minimum atomic E-state index is -0.739. The Kier molecular flexibility index (Phi) is 2.99. The summed E-state index contributed by atoms with van der Waals surface area (Å²) in [6, 6.07) is 11.3. The van der Waals surface area contributed by atoms with Gasteiger partial charge in [-0.2, -0.15) is 0 Å². The largest absolute Gasteiger partial charge is 0.288 e. The summed E-state index contributed by atoms with van der Waals surface area (Å²) in [5, 5.41) is 0.615. The van der Waals surface area contributed by atoms with Gasteiger partial charge in [-0.3, -0.25) is 9.78 Å². The molecule has 0 saturated heterocycles. The van der Waals surface area contributed by atoms with E-state index in [1.165, 1.54) is 0 Å². The van der Waals surface area contributed by atoms with E-state index in [2.05, 4.69) is 4.98 Å². The zero-order valence-corrected chi connectivity index (χ0v) is 10.3. The summed E-state index contributed by atoms with van der Waals surface area (Å²) in [5.41, 5.74) is 0.664. The van der Waals surface area contributed by atoms with Crippen molar-refractivity contribution in [2.45, 2.75) is 0 Å². The molecule has 0 bridgehead atoms. The SMILES string of the molecule is O=C(c1cc(F)ccc1F)c1cccc2ncccc12. The molecule has 3 rings (SSSR count). The average Bonchev–Trinajstić information content (AvgIpc) is 2.48. The van der Waals surface area contributed by atoms with Gasteiger partial charge in [0.05, 0.1) is 11.1 Å². The minimum absolute atomic E-state index is 0.277. The maximum absolute atomic E-state index is 13.7. The third kappa shape index (κ3) is 2.05. The number of nitrogens with zero attached hydrogens (tertiary/aromatic N) is 1. The molecule has 0 N–H and O–H groups in total. The Morgan fingerprint density at radius 2 is 1.80 bits per heavy atom. The summed E-state index contributed by atoms with van der Waals surface area (Å²) in [6.07, 6.45) is 1.61. The van der Waals surface area contributed by atoms with Crippen LogP contribution in [0.3, 0.4) is 0 Å². The zero-order valence-electron chi connectivity index (χ0n) is 10.3. The standard InChI is InChI=1S/C16H9F2NO/c17-10-6-7-14(18)13(9-10)16(20)12-3-1-5-15-11(12)4-2-8-19-15/h1-9H. The monoisotopic (exact) mass is 269 g/mol. The molecule has 2 nitrogen and oxygen atoms in total. The minimum Gasteiger partial charge on any atom is -0.288 e. The molecule has 0 spiro atoms. The van der Waals surface area contributed by atoms with Gasteiger partial charge in [-0.1, -0.05) is 18.2 Å². The van der Waals surface area contributed by atoms with Gasteiger partial charge in [-0.05, 0) is 30.3 Å². The number of ketones is 1. The Labute approximate surface area is 113 Å². The fraction of sp³-hybridized carbons (Fsp3) is 0. The second-order valence-corrected chi connectivity index (χ2v) is 4.33. The van der Waals surface area contributed by atoms with Crippen LogP contribution < -0.4 is 0 Å². The van der Waals surface area contributed by atoms with Crippen LogP contribution in [0.4, 0.5) is 8.78 Å². The topological polar surface area (TPSA) is 30.0 Å². The molecule has 2 aromatic carbocycles. The van der Waals surface area contributed by atoms with Gasteiger partial charge in [0.2, 0.25) is 0 Å². The maximum atomic E-state index is 13.7. The van der Waals surface area contributed by atoms with Crippen LogP contribution in [-0.2, 0) is 0 Å². The summed E-state index contributed by atoms with van der Waals surface area (Å²) in [4.78, 5) is 16.5. The molecular weight excluding hydrogens is 260 g/mol. The number of fused-ring (bicyclic) bond motifs is 1. The van der Waals surface area contributed by atoms with E-state index in [-0.39, 0.29) is 5.56 Å². The molecule has 0 radical (unpaired) electrons. The molecule has 0 aliphatic heterocycles. The third-order valence-corrected chi connectivity index (χ3v) is 3.06. The number of carbonyl (C=O) groups is 1. The first-order valence-electron chi connectivity index (χ1n) is 6.00. The van der Waals surface area contributed by atoms with E-state index in [4.69, 9.17) is 0 Å². The Balaban J connectivity index is 2.20. The molecule has 0 saturated carbocycles. The van der Waals surface area contributed by atoms with Gasteiger partial charge in [0.1, 0.15) is 11.6 Å². The number of halogens is 2. The molecule has 1 aromatic heterocycles. The van der Waals surface area contributed by atoms with Crippen LogP contribution >= 0.6 is 0 Å². The molecule has 0 atom stereocenters. The van der Waals surface area contributed by atoms with Gasteiger partial charge in [-0.25, -0.2) is 8.78 Å². The molecule has 3 aromatic rings. The molecule has 20 heavy (non-hydrogen) atoms. The summed E-state index contributed by atoms with van der Waals surface area (Å²) in [5.74, 6) is -1.94. The van der Waals surface area contributed by atoms with Crippen molar-refractivity contribution in [3.05, 3.63) is 77.5 Å². The molecule has 4 heteroatoms. The van der Waals surface area contributed by atoms with Gasteiger partial charge in [0.15, 0.2) is 5.78 Å². The fourth-order valence-electron chi connectivity index (χ4n) is 2.12. The first kappa shape index (κ1) is 12.4. The third-order valence-electron chi connectivity index (χ3n) is 3.06. The highest BCUT2D eigenvalue weighted by atomic mass is 19.1. The number of rotatable bonds is 2. The van der Waals surface area contributed by atoms with Crippen LogP contribution in [0.25, 0.3) is 10.9 Å². The fourth-order valence-corrected chi connectivity index (χ4v) is 2.12. The van der Waals surface area contributed by atoms with Crippen LogP contribution in [0.15, 0.2) is 54.7 Å². The van der Waals surface area contributed by atoms with Crippen LogP contribution in [0.1, 0.15) is 15.9 Å². The average molecular weight is 269 g/mol. The van der Waals surface area contributed by atoms with E-state index in [1.54, 1.807) is 36.5 Å². The van der Waals surface area contributed by atoms with E-state index in [0.717, 1.165) is 18.2 Å². The van der Waals surface area contributed by atoms with Crippen LogP contribution in [-0.4, -0.2) is 10.8 Å². The molecule has 0 amide bonds. The van der Waals surface area contributed by atoms with Crippen molar-refractivity contribution in [3.8, 4) is 0 Å². The quantitative estimate of drug-likeness (QED) is 0.663. The number of hydrogen-bond acceptors (Lipinski definition) is 2. The number of pyridine rings is 1. The van der Waals surface area contributed by atoms with E-state index < -0.39 is 17.4 Å². The second-order valence-electron chi connectivity index (χ2n) is 4.33. The molecule has 0 fully saturated rings. The van der Waals surface area contributed by atoms with Crippen LogP contribution in [0, 0.1) is 11.6 Å². The summed E-state index contributed by atoms with van der Waals surface area (Å²) >= 11 is 0. The lowest BCUT2D eigenvalue weighted by molar-refractivity contribution is 0.103. The van der Waals surface area contributed by atoms with Gasteiger partial charge >= 0.3 is 0 Å². The van der Waals surface area contributed by atoms with Crippen molar-refractivity contribution in [1.29, 1.82) is 0 Å². The van der Waals surface area contributed by atoms with Gasteiger partial charge < -0.3 is 0 Å². The predicted octanol–water partition coefficient (Wildman–Crippen LogP) is 3.74. The lowest BCUT2D eigenvalue weighted by atomic mass is 9.99. The predicted molar refractivity (Wildman–Crippen MR) is 71.5 cm³/mol. The van der Waals surface area contributed by atoms with Crippen molar-refractivity contribution >= 4 is 16.7 Å². The zero-order chi connectivity index (χ0) is 14.1. The Morgan fingerprint density at radius 1 is 0.950 bits per heavy atom. The van der Waals surface area contributed by atoms with E-state index in [9.17, 15) is 13.6 Å². The summed E-state index contributed by atoms with van der Waals surface area (Å²) in [7, 11) is 0. The van der Waals surface area contributed by atoms with Crippen molar-refractivity contribution in [2.75, 3.05) is 0 Å². The van der Waals surface area contributed by atoms with Gasteiger partial charge in [0.25, 0.3) is 0 Å². The highest BCUT2D eigenvalue weighted by molar-refractivity contribution is 6.16. The molecular formula is C16H9F2NO. The number of aromatic nitrogens is 1. The Hall–Kier alpha value is -2.62. The number of hydrogen-bond donors (Lipinski definition) is 0. The van der Waals surface area contributed by atoms with Gasteiger partial charge in [-0.15, -0.1) is 0 Å².